The van der Waals surface area contributed by atoms with Gasteiger partial charge in [0.25, 0.3) is 0 Å². The van der Waals surface area contributed by atoms with Gasteiger partial charge in [-0.3, -0.25) is 0 Å². The van der Waals surface area contributed by atoms with E-state index in [0.717, 1.165) is 13.0 Å². The minimum absolute atomic E-state index is 0.860. The molecule has 1 aliphatic carbocycles. The number of hydrogen-bond donors (Lipinski definition) is 0. The highest BCUT2D eigenvalue weighted by Crippen LogP contribution is 2.34. The Hall–Kier alpha value is -1.94. The average Bonchev–Trinajstić information content (AvgIpc) is 2.55. The van der Waals surface area contributed by atoms with Crippen LogP contribution in [0.15, 0.2) is 42.0 Å². The molecule has 0 saturated carbocycles. The number of likely N-dealkylation sites (N-methyl/N-ethyl adjacent to an activating group) is 1. The normalized spacial score (nSPS) is 17.2. The van der Waals surface area contributed by atoms with Gasteiger partial charge >= 0.3 is 0 Å². The summed E-state index contributed by atoms with van der Waals surface area (Å²) in [6.45, 7) is 0.956. The number of fused-ring (bicyclic) bond motifs is 2. The Morgan fingerprint density at radius 3 is 3.06 bits per heavy atom. The molecule has 1 aromatic carbocycles. The lowest BCUT2D eigenvalue weighted by Gasteiger charge is -2.28. The molecule has 78 valence electrons. The SMILES string of the molecule is CN1CC2=C(C#CCC=C2)c2ccccc21. The van der Waals surface area contributed by atoms with Crippen LogP contribution in [0.25, 0.3) is 5.57 Å². The van der Waals surface area contributed by atoms with Gasteiger partial charge in [0.1, 0.15) is 0 Å². The zero-order valence-electron chi connectivity index (χ0n) is 9.33. The van der Waals surface area contributed by atoms with Crippen molar-refractivity contribution >= 4 is 11.3 Å². The second-order valence-electron chi connectivity index (χ2n) is 4.18. The maximum absolute atomic E-state index is 3.30. The molecule has 1 aromatic rings. The van der Waals surface area contributed by atoms with Gasteiger partial charge in [-0.1, -0.05) is 42.2 Å². The first-order chi connectivity index (χ1) is 7.86. The molecule has 0 atom stereocenters. The molecule has 1 heterocycles. The van der Waals surface area contributed by atoms with E-state index in [1.807, 2.05) is 0 Å². The molecule has 0 unspecified atom stereocenters. The van der Waals surface area contributed by atoms with E-state index in [4.69, 9.17) is 0 Å². The van der Waals surface area contributed by atoms with Crippen molar-refractivity contribution in [2.75, 3.05) is 18.5 Å². The third-order valence-corrected chi connectivity index (χ3v) is 3.07. The zero-order valence-corrected chi connectivity index (χ0v) is 9.33. The van der Waals surface area contributed by atoms with Crippen molar-refractivity contribution in [3.63, 3.8) is 0 Å². The highest BCUT2D eigenvalue weighted by molar-refractivity contribution is 5.92. The molecule has 2 aliphatic rings. The molecule has 1 heteroatoms. The summed E-state index contributed by atoms with van der Waals surface area (Å²) in [5.74, 6) is 6.49. The Morgan fingerprint density at radius 1 is 1.25 bits per heavy atom. The Labute approximate surface area is 96.1 Å². The van der Waals surface area contributed by atoms with Crippen LogP contribution < -0.4 is 4.90 Å². The van der Waals surface area contributed by atoms with Crippen LogP contribution >= 0.6 is 0 Å². The van der Waals surface area contributed by atoms with E-state index in [1.165, 1.54) is 22.4 Å². The molecule has 0 aromatic heterocycles. The molecule has 0 amide bonds. The molecule has 0 bridgehead atoms. The summed E-state index contributed by atoms with van der Waals surface area (Å²) < 4.78 is 0. The second kappa shape index (κ2) is 3.57. The van der Waals surface area contributed by atoms with Crippen LogP contribution in [0.2, 0.25) is 0 Å². The third kappa shape index (κ3) is 1.35. The Bertz CT molecular complexity index is 552. The van der Waals surface area contributed by atoms with E-state index in [1.54, 1.807) is 0 Å². The molecular weight excluding hydrogens is 194 g/mol. The number of hydrogen-bond acceptors (Lipinski definition) is 1. The van der Waals surface area contributed by atoms with Crippen molar-refractivity contribution in [3.05, 3.63) is 47.6 Å². The molecule has 0 spiro atoms. The number of anilines is 1. The van der Waals surface area contributed by atoms with E-state index in [-0.39, 0.29) is 0 Å². The first kappa shape index (κ1) is 9.30. The first-order valence-electron chi connectivity index (χ1n) is 5.55. The average molecular weight is 207 g/mol. The van der Waals surface area contributed by atoms with Gasteiger partial charge in [-0.25, -0.2) is 0 Å². The van der Waals surface area contributed by atoms with Gasteiger partial charge in [0.05, 0.1) is 0 Å². The van der Waals surface area contributed by atoms with Crippen molar-refractivity contribution in [2.24, 2.45) is 0 Å². The van der Waals surface area contributed by atoms with Gasteiger partial charge in [-0.15, -0.1) is 0 Å². The lowest BCUT2D eigenvalue weighted by molar-refractivity contribution is 0.986. The van der Waals surface area contributed by atoms with Crippen LogP contribution in [0.4, 0.5) is 5.69 Å². The highest BCUT2D eigenvalue weighted by atomic mass is 15.1. The summed E-state index contributed by atoms with van der Waals surface area (Å²) in [6, 6.07) is 8.49. The smallest absolute Gasteiger partial charge is 0.0453 e. The molecular formula is C15H13N. The number of nitrogens with zero attached hydrogens (tertiary/aromatic N) is 1. The molecule has 0 N–H and O–H groups in total. The van der Waals surface area contributed by atoms with Gasteiger partial charge in [0.2, 0.25) is 0 Å². The van der Waals surface area contributed by atoms with E-state index >= 15 is 0 Å². The summed E-state index contributed by atoms with van der Waals surface area (Å²) in [7, 11) is 2.13. The maximum atomic E-state index is 3.30. The fraction of sp³-hybridized carbons (Fsp3) is 0.200. The zero-order chi connectivity index (χ0) is 11.0. The van der Waals surface area contributed by atoms with Crippen LogP contribution in [-0.2, 0) is 0 Å². The Balaban J connectivity index is 2.25. The van der Waals surface area contributed by atoms with Crippen molar-refractivity contribution in [2.45, 2.75) is 6.42 Å². The van der Waals surface area contributed by atoms with Crippen molar-refractivity contribution in [3.8, 4) is 11.8 Å². The largest absolute Gasteiger partial charge is 0.370 e. The van der Waals surface area contributed by atoms with Crippen LogP contribution in [0.1, 0.15) is 12.0 Å². The minimum atomic E-state index is 0.860. The molecule has 1 aliphatic heterocycles. The third-order valence-electron chi connectivity index (χ3n) is 3.07. The topological polar surface area (TPSA) is 3.24 Å². The van der Waals surface area contributed by atoms with E-state index in [0.29, 0.717) is 0 Å². The number of para-hydroxylation sites is 1. The van der Waals surface area contributed by atoms with Crippen LogP contribution in [0.3, 0.4) is 0 Å². The monoisotopic (exact) mass is 207 g/mol. The fourth-order valence-corrected chi connectivity index (χ4v) is 2.29. The summed E-state index contributed by atoms with van der Waals surface area (Å²) in [5, 5.41) is 0. The summed E-state index contributed by atoms with van der Waals surface area (Å²) in [6.07, 6.45) is 5.21. The highest BCUT2D eigenvalue weighted by Gasteiger charge is 2.19. The van der Waals surface area contributed by atoms with Gasteiger partial charge < -0.3 is 4.90 Å². The Kier molecular flexibility index (Phi) is 2.08. The minimum Gasteiger partial charge on any atom is -0.370 e. The molecule has 1 nitrogen and oxygen atoms in total. The lowest BCUT2D eigenvalue weighted by atomic mass is 9.94. The van der Waals surface area contributed by atoms with Gasteiger partial charge in [0, 0.05) is 36.8 Å². The quantitative estimate of drug-likeness (QED) is 0.591. The first-order valence-corrected chi connectivity index (χ1v) is 5.55. The number of allylic oxidation sites excluding steroid dienone is 2. The van der Waals surface area contributed by atoms with E-state index < -0.39 is 0 Å². The predicted molar refractivity (Wildman–Crippen MR) is 68.2 cm³/mol. The van der Waals surface area contributed by atoms with Crippen molar-refractivity contribution in [1.82, 2.24) is 0 Å². The van der Waals surface area contributed by atoms with Crippen LogP contribution in [0.5, 0.6) is 0 Å². The van der Waals surface area contributed by atoms with E-state index in [2.05, 4.69) is 60.2 Å². The second-order valence-corrected chi connectivity index (χ2v) is 4.18. The number of benzene rings is 1. The molecule has 0 fully saturated rings. The molecule has 3 rings (SSSR count). The number of rotatable bonds is 0. The summed E-state index contributed by atoms with van der Waals surface area (Å²) >= 11 is 0. The van der Waals surface area contributed by atoms with Crippen molar-refractivity contribution < 1.29 is 0 Å². The standard InChI is InChI=1S/C15H13N/c1-16-11-12-7-3-2-4-8-13(12)14-9-5-6-10-15(14)16/h3,5-7,9-10H,2,11H2,1H3. The fourth-order valence-electron chi connectivity index (χ4n) is 2.29. The van der Waals surface area contributed by atoms with Crippen molar-refractivity contribution in [1.29, 1.82) is 0 Å². The van der Waals surface area contributed by atoms with Crippen LogP contribution in [-0.4, -0.2) is 13.6 Å². The van der Waals surface area contributed by atoms with Gasteiger partial charge in [-0.2, -0.15) is 0 Å². The summed E-state index contributed by atoms with van der Waals surface area (Å²) in [5.41, 5.74) is 5.10. The Morgan fingerprint density at radius 2 is 2.12 bits per heavy atom. The summed E-state index contributed by atoms with van der Waals surface area (Å²) in [4.78, 5) is 2.28. The molecule has 0 saturated heterocycles. The van der Waals surface area contributed by atoms with Crippen LogP contribution in [0, 0.1) is 11.8 Å². The lowest BCUT2D eigenvalue weighted by Crippen LogP contribution is -2.24. The molecule has 0 radical (unpaired) electrons. The molecule has 16 heavy (non-hydrogen) atoms. The predicted octanol–water partition coefficient (Wildman–Crippen LogP) is 2.85. The van der Waals surface area contributed by atoms with E-state index in [9.17, 15) is 0 Å². The van der Waals surface area contributed by atoms with Gasteiger partial charge in [0.15, 0.2) is 0 Å². The van der Waals surface area contributed by atoms with Gasteiger partial charge in [-0.05, 0) is 11.6 Å². The maximum Gasteiger partial charge on any atom is 0.0453 e.